The minimum absolute atomic E-state index is 0.174. The molecule has 0 aromatic carbocycles. The molecule has 0 aliphatic rings. The molecule has 3 nitrogen and oxygen atoms in total. The SMILES string of the molecule is C=CCOC(C)CNC(=O)C(F)(F)F. The molecule has 14 heavy (non-hydrogen) atoms. The summed E-state index contributed by atoms with van der Waals surface area (Å²) in [5.74, 6) is -1.95. The summed E-state index contributed by atoms with van der Waals surface area (Å²) in [6.07, 6.45) is -3.83. The molecule has 0 spiro atoms. The highest BCUT2D eigenvalue weighted by atomic mass is 19.4. The van der Waals surface area contributed by atoms with Crippen molar-refractivity contribution in [3.05, 3.63) is 12.7 Å². The number of halogens is 3. The van der Waals surface area contributed by atoms with Gasteiger partial charge in [0.25, 0.3) is 0 Å². The van der Waals surface area contributed by atoms with Crippen LogP contribution in [-0.4, -0.2) is 31.3 Å². The molecule has 0 heterocycles. The van der Waals surface area contributed by atoms with Gasteiger partial charge >= 0.3 is 12.1 Å². The lowest BCUT2D eigenvalue weighted by molar-refractivity contribution is -0.174. The smallest absolute Gasteiger partial charge is 0.373 e. The lowest BCUT2D eigenvalue weighted by atomic mass is 10.4. The number of alkyl halides is 3. The van der Waals surface area contributed by atoms with Crippen LogP contribution in [0.5, 0.6) is 0 Å². The van der Waals surface area contributed by atoms with Crippen molar-refractivity contribution in [1.82, 2.24) is 5.32 Å². The summed E-state index contributed by atoms with van der Waals surface area (Å²) in [6, 6.07) is 0. The number of hydrogen-bond donors (Lipinski definition) is 1. The molecule has 1 N–H and O–H groups in total. The third-order valence-electron chi connectivity index (χ3n) is 1.31. The van der Waals surface area contributed by atoms with Crippen molar-refractivity contribution in [2.75, 3.05) is 13.2 Å². The summed E-state index contributed by atoms with van der Waals surface area (Å²) in [4.78, 5) is 10.3. The number of nitrogens with one attached hydrogen (secondary N) is 1. The monoisotopic (exact) mass is 211 g/mol. The Bertz CT molecular complexity index is 203. The highest BCUT2D eigenvalue weighted by Crippen LogP contribution is 2.13. The summed E-state index contributed by atoms with van der Waals surface area (Å²) in [6.45, 7) is 5.00. The van der Waals surface area contributed by atoms with Crippen LogP contribution in [0, 0.1) is 0 Å². The van der Waals surface area contributed by atoms with Crippen LogP contribution in [0.3, 0.4) is 0 Å². The zero-order valence-electron chi connectivity index (χ0n) is 7.73. The summed E-state index contributed by atoms with van der Waals surface area (Å²) in [5, 5.41) is 1.71. The maximum atomic E-state index is 11.7. The summed E-state index contributed by atoms with van der Waals surface area (Å²) >= 11 is 0. The van der Waals surface area contributed by atoms with Gasteiger partial charge in [-0.05, 0) is 6.92 Å². The molecule has 0 rings (SSSR count). The zero-order chi connectivity index (χ0) is 11.2. The second kappa shape index (κ2) is 5.64. The molecular formula is C8H12F3NO2. The lowest BCUT2D eigenvalue weighted by Gasteiger charge is -2.13. The molecule has 0 bridgehead atoms. The Morgan fingerprint density at radius 1 is 1.64 bits per heavy atom. The van der Waals surface area contributed by atoms with Crippen molar-refractivity contribution in [2.45, 2.75) is 19.2 Å². The third kappa shape index (κ3) is 5.58. The molecule has 82 valence electrons. The van der Waals surface area contributed by atoms with Gasteiger partial charge in [-0.1, -0.05) is 6.08 Å². The summed E-state index contributed by atoms with van der Waals surface area (Å²) in [7, 11) is 0. The van der Waals surface area contributed by atoms with Crippen LogP contribution >= 0.6 is 0 Å². The van der Waals surface area contributed by atoms with E-state index < -0.39 is 18.2 Å². The van der Waals surface area contributed by atoms with Crippen LogP contribution in [0.2, 0.25) is 0 Å². The van der Waals surface area contributed by atoms with E-state index >= 15 is 0 Å². The number of carbonyl (C=O) groups is 1. The van der Waals surface area contributed by atoms with E-state index in [1.165, 1.54) is 6.08 Å². The van der Waals surface area contributed by atoms with E-state index in [9.17, 15) is 18.0 Å². The Morgan fingerprint density at radius 2 is 2.21 bits per heavy atom. The number of amides is 1. The molecule has 1 atom stereocenters. The first-order valence-corrected chi connectivity index (χ1v) is 3.95. The molecule has 0 aromatic heterocycles. The molecule has 6 heteroatoms. The zero-order valence-corrected chi connectivity index (χ0v) is 7.73. The van der Waals surface area contributed by atoms with Gasteiger partial charge in [-0.25, -0.2) is 0 Å². The normalized spacial score (nSPS) is 13.4. The Morgan fingerprint density at radius 3 is 2.64 bits per heavy atom. The van der Waals surface area contributed by atoms with Crippen molar-refractivity contribution in [1.29, 1.82) is 0 Å². The highest BCUT2D eigenvalue weighted by Gasteiger charge is 2.38. The standard InChI is InChI=1S/C8H12F3NO2/c1-3-4-14-6(2)5-12-7(13)8(9,10)11/h3,6H,1,4-5H2,2H3,(H,12,13). The van der Waals surface area contributed by atoms with Gasteiger partial charge in [-0.2, -0.15) is 13.2 Å². The van der Waals surface area contributed by atoms with E-state index in [0.29, 0.717) is 0 Å². The molecule has 0 aliphatic carbocycles. The largest absolute Gasteiger partial charge is 0.471 e. The molecule has 0 aromatic rings. The fourth-order valence-electron chi connectivity index (χ4n) is 0.628. The Kier molecular flexibility index (Phi) is 5.22. The van der Waals surface area contributed by atoms with Gasteiger partial charge in [0.15, 0.2) is 0 Å². The highest BCUT2D eigenvalue weighted by molar-refractivity contribution is 5.81. The van der Waals surface area contributed by atoms with Gasteiger partial charge < -0.3 is 10.1 Å². The van der Waals surface area contributed by atoms with E-state index in [0.717, 1.165) is 0 Å². The fraction of sp³-hybridized carbons (Fsp3) is 0.625. The average molecular weight is 211 g/mol. The van der Waals surface area contributed by atoms with E-state index in [1.807, 2.05) is 0 Å². The van der Waals surface area contributed by atoms with Crippen LogP contribution in [-0.2, 0) is 9.53 Å². The molecule has 1 amide bonds. The topological polar surface area (TPSA) is 38.3 Å². The molecule has 0 radical (unpaired) electrons. The third-order valence-corrected chi connectivity index (χ3v) is 1.31. The Balaban J connectivity index is 3.72. The van der Waals surface area contributed by atoms with Gasteiger partial charge in [0, 0.05) is 6.54 Å². The van der Waals surface area contributed by atoms with Crippen LogP contribution in [0.15, 0.2) is 12.7 Å². The van der Waals surface area contributed by atoms with Crippen LogP contribution < -0.4 is 5.32 Å². The maximum Gasteiger partial charge on any atom is 0.471 e. The molecule has 0 saturated carbocycles. The van der Waals surface area contributed by atoms with Crippen LogP contribution in [0.25, 0.3) is 0 Å². The van der Waals surface area contributed by atoms with Gasteiger partial charge in [0.1, 0.15) is 0 Å². The maximum absolute atomic E-state index is 11.7. The van der Waals surface area contributed by atoms with Gasteiger partial charge in [-0.3, -0.25) is 4.79 Å². The van der Waals surface area contributed by atoms with E-state index in [2.05, 4.69) is 6.58 Å². The van der Waals surface area contributed by atoms with Crippen molar-refractivity contribution in [3.63, 3.8) is 0 Å². The van der Waals surface area contributed by atoms with Crippen molar-refractivity contribution < 1.29 is 22.7 Å². The minimum Gasteiger partial charge on any atom is -0.373 e. The second-order valence-corrected chi connectivity index (χ2v) is 2.64. The average Bonchev–Trinajstić information content (AvgIpc) is 2.09. The van der Waals surface area contributed by atoms with Crippen molar-refractivity contribution >= 4 is 5.91 Å². The van der Waals surface area contributed by atoms with Gasteiger partial charge in [0.05, 0.1) is 12.7 Å². The van der Waals surface area contributed by atoms with E-state index in [1.54, 1.807) is 12.2 Å². The van der Waals surface area contributed by atoms with Crippen molar-refractivity contribution in [3.8, 4) is 0 Å². The van der Waals surface area contributed by atoms with Crippen LogP contribution in [0.1, 0.15) is 6.92 Å². The first kappa shape index (κ1) is 13.0. The number of ether oxygens (including phenoxy) is 1. The molecule has 0 fully saturated rings. The number of carbonyl (C=O) groups excluding carboxylic acids is 1. The quantitative estimate of drug-likeness (QED) is 0.695. The first-order chi connectivity index (χ1) is 6.38. The van der Waals surface area contributed by atoms with E-state index in [-0.39, 0.29) is 13.2 Å². The first-order valence-electron chi connectivity index (χ1n) is 3.95. The Labute approximate surface area is 79.9 Å². The number of rotatable bonds is 5. The molecule has 0 aliphatic heterocycles. The second-order valence-electron chi connectivity index (χ2n) is 2.64. The predicted molar refractivity (Wildman–Crippen MR) is 44.7 cm³/mol. The van der Waals surface area contributed by atoms with Crippen molar-refractivity contribution in [2.24, 2.45) is 0 Å². The fourth-order valence-corrected chi connectivity index (χ4v) is 0.628. The Hall–Kier alpha value is -1.04. The van der Waals surface area contributed by atoms with Crippen LogP contribution in [0.4, 0.5) is 13.2 Å². The minimum atomic E-state index is -4.84. The van der Waals surface area contributed by atoms with Gasteiger partial charge in [-0.15, -0.1) is 6.58 Å². The molecule has 1 unspecified atom stereocenters. The molecule has 0 saturated heterocycles. The van der Waals surface area contributed by atoms with E-state index in [4.69, 9.17) is 4.74 Å². The van der Waals surface area contributed by atoms with Gasteiger partial charge in [0.2, 0.25) is 0 Å². The summed E-state index contributed by atoms with van der Waals surface area (Å²) in [5.41, 5.74) is 0. The lowest BCUT2D eigenvalue weighted by Crippen LogP contribution is -2.40. The summed E-state index contributed by atoms with van der Waals surface area (Å²) < 4.78 is 40.0. The number of hydrogen-bond acceptors (Lipinski definition) is 2. The predicted octanol–water partition coefficient (Wildman–Crippen LogP) is 1.26. The molecular weight excluding hydrogens is 199 g/mol.